The number of ketones is 1. The van der Waals surface area contributed by atoms with Crippen molar-refractivity contribution in [2.24, 2.45) is 23.7 Å². The maximum atomic E-state index is 16.4. The molecule has 2 aliphatic heterocycles. The third-order valence-electron chi connectivity index (χ3n) is 14.2. The van der Waals surface area contributed by atoms with Crippen LogP contribution >= 0.6 is 0 Å². The Morgan fingerprint density at radius 1 is 0.829 bits per heavy atom. The number of hydrogen-bond donors (Lipinski definition) is 4. The quantitative estimate of drug-likeness (QED) is 0.0786. The van der Waals surface area contributed by atoms with Crippen LogP contribution in [0, 0.1) is 29.5 Å². The molecule has 3 unspecified atom stereocenters. The first-order valence-corrected chi connectivity index (χ1v) is 23.8. The second kappa shape index (κ2) is 18.7. The number of Topliss-reactive ketones (excluding diaryl/α,β-unsaturated/α-hetero) is 1. The molecule has 0 bridgehead atoms. The van der Waals surface area contributed by atoms with Gasteiger partial charge in [0.2, 0.25) is 11.8 Å². The molecule has 4 N–H and O–H groups in total. The minimum Gasteiger partial charge on any atom is -0.469 e. The van der Waals surface area contributed by atoms with E-state index in [1.54, 1.807) is 40.0 Å². The fourth-order valence-corrected chi connectivity index (χ4v) is 10.5. The van der Waals surface area contributed by atoms with Crippen LogP contribution < -0.4 is 15.4 Å². The predicted octanol–water partition coefficient (Wildman–Crippen LogP) is 10.1. The van der Waals surface area contributed by atoms with E-state index in [2.05, 4.69) is 44.6 Å². The van der Waals surface area contributed by atoms with E-state index < -0.39 is 90.8 Å². The van der Waals surface area contributed by atoms with Crippen molar-refractivity contribution in [1.29, 1.82) is 0 Å². The molecule has 2 aliphatic carbocycles. The summed E-state index contributed by atoms with van der Waals surface area (Å²) >= 11 is 0. The summed E-state index contributed by atoms with van der Waals surface area (Å²) in [6, 6.07) is 7.61. The average molecular weight is 977 g/mol. The number of imidazole rings is 2. The van der Waals surface area contributed by atoms with Crippen molar-refractivity contribution in [3.05, 3.63) is 66.3 Å². The molecule has 3 aromatic heterocycles. The van der Waals surface area contributed by atoms with Crippen LogP contribution in [-0.2, 0) is 19.1 Å². The number of hydrogen-bond acceptors (Lipinski definition) is 9. The van der Waals surface area contributed by atoms with E-state index in [-0.39, 0.29) is 60.4 Å². The van der Waals surface area contributed by atoms with Crippen molar-refractivity contribution >= 4 is 34.8 Å². The summed E-state index contributed by atoms with van der Waals surface area (Å²) in [6.07, 6.45) is 2.03. The molecule has 1 saturated heterocycles. The maximum Gasteiger partial charge on any atom is 0.407 e. The van der Waals surface area contributed by atoms with Crippen LogP contribution in [0.3, 0.4) is 0 Å². The van der Waals surface area contributed by atoms with Gasteiger partial charge in [-0.15, -0.1) is 0 Å². The second-order valence-corrected chi connectivity index (χ2v) is 20.0. The number of carbonyl (C=O) groups is 4. The number of likely N-dealkylation sites (tertiary alicyclic amines) is 1. The van der Waals surface area contributed by atoms with Crippen LogP contribution in [0.1, 0.15) is 109 Å². The highest BCUT2D eigenvalue weighted by molar-refractivity contribution is 5.93. The number of aromatic amines is 2. The van der Waals surface area contributed by atoms with E-state index in [1.165, 1.54) is 19.4 Å². The van der Waals surface area contributed by atoms with Gasteiger partial charge in [-0.2, -0.15) is 0 Å². The number of fused-ring (bicyclic) bond motifs is 5. The van der Waals surface area contributed by atoms with E-state index in [4.69, 9.17) is 4.74 Å². The standard InChI is InChI=1S/C50H57F5N8O7/c1-24(2)41(60-47(66)68-5)39(64)12-7-26-13-30(19-49(52,53)18-26)43-56-21-34(58-43)28-10-11-36-29(14-28)15-37-32-16-33(51)31(17-40(32)70-46(63(36)37)27-8-9-27)35-22-57-44(59-35)38-20-50(54,55)23-62(38)45(65)42(25(3)4)61-48(67)69-6/h10-11,14-17,21-22,24-27,30,38,41-42,46H,7-9,12-13,18-20,23H2,1-6H3,(H,56,58)(H,57,59)(H,60,66)(H,61,67)/t26?,30-,38?,41-,42-,46?/m0/s1. The molecule has 6 atom stereocenters. The number of nitrogens with zero attached hydrogens (tertiary/aromatic N) is 4. The number of carbonyl (C=O) groups excluding carboxylic acids is 4. The topological polar surface area (TPSA) is 186 Å². The van der Waals surface area contributed by atoms with Crippen molar-refractivity contribution in [3.63, 3.8) is 0 Å². The molecule has 0 spiro atoms. The molecule has 0 radical (unpaired) electrons. The van der Waals surface area contributed by atoms with Gasteiger partial charge in [0.1, 0.15) is 29.3 Å². The molecular weight excluding hydrogens is 920 g/mol. The van der Waals surface area contributed by atoms with Crippen LogP contribution in [0.25, 0.3) is 44.7 Å². The Labute approximate surface area is 400 Å². The van der Waals surface area contributed by atoms with Gasteiger partial charge < -0.3 is 44.3 Å². The smallest absolute Gasteiger partial charge is 0.407 e. The van der Waals surface area contributed by atoms with Gasteiger partial charge in [0, 0.05) is 59.6 Å². The molecule has 374 valence electrons. The maximum absolute atomic E-state index is 16.4. The number of rotatable bonds is 14. The van der Waals surface area contributed by atoms with E-state index in [0.29, 0.717) is 29.3 Å². The fraction of sp³-hybridized carbons (Fsp3) is 0.520. The van der Waals surface area contributed by atoms with Crippen LogP contribution in [0.2, 0.25) is 0 Å². The van der Waals surface area contributed by atoms with Gasteiger partial charge in [-0.3, -0.25) is 9.59 Å². The molecule has 20 heteroatoms. The first-order chi connectivity index (χ1) is 33.2. The van der Waals surface area contributed by atoms with Gasteiger partial charge in [-0.05, 0) is 73.8 Å². The number of H-pyrrole nitrogens is 2. The average Bonchev–Trinajstić information content (AvgIpc) is 3.60. The summed E-state index contributed by atoms with van der Waals surface area (Å²) < 4.78 is 95.1. The number of alkyl halides is 4. The summed E-state index contributed by atoms with van der Waals surface area (Å²) in [6.45, 7) is 6.04. The minimum absolute atomic E-state index is 0.0344. The van der Waals surface area contributed by atoms with Gasteiger partial charge in [0.05, 0.1) is 67.8 Å². The van der Waals surface area contributed by atoms with Crippen molar-refractivity contribution < 1.29 is 55.3 Å². The molecule has 4 aliphatic rings. The SMILES string of the molecule is COC(=O)N[C@H](C(=O)CCC1C[C@H](c2ncc(-c3ccc4c(c3)cc3n4C(C4CC4)Oc4cc(-c5cnc(C6CC(F)(F)CN6C(=O)[C@@H](NC(=O)OC)C(C)C)[nH]5)c(F)cc4-3)[nH]2)CC(F)(F)C1)C(C)C. The number of ether oxygens (including phenoxy) is 3. The molecule has 3 fully saturated rings. The Bertz CT molecular complexity index is 2820. The highest BCUT2D eigenvalue weighted by atomic mass is 19.3. The first kappa shape index (κ1) is 48.5. The van der Waals surface area contributed by atoms with Crippen LogP contribution in [0.4, 0.5) is 31.5 Å². The lowest BCUT2D eigenvalue weighted by Gasteiger charge is -2.34. The number of methoxy groups -OCH3 is 2. The van der Waals surface area contributed by atoms with Crippen molar-refractivity contribution in [3.8, 4) is 39.5 Å². The zero-order valence-corrected chi connectivity index (χ0v) is 39.7. The highest BCUT2D eigenvalue weighted by Gasteiger charge is 2.51. The van der Waals surface area contributed by atoms with Gasteiger partial charge in [0.25, 0.3) is 5.92 Å². The monoisotopic (exact) mass is 976 g/mol. The Hall–Kier alpha value is -6.47. The number of alkyl carbamates (subject to hydrolysis) is 2. The van der Waals surface area contributed by atoms with Gasteiger partial charge in [0.15, 0.2) is 12.0 Å². The zero-order valence-electron chi connectivity index (χ0n) is 39.7. The third-order valence-corrected chi connectivity index (χ3v) is 14.2. The van der Waals surface area contributed by atoms with Gasteiger partial charge in [-0.1, -0.05) is 33.8 Å². The number of halogens is 5. The van der Waals surface area contributed by atoms with Crippen molar-refractivity contribution in [1.82, 2.24) is 40.0 Å². The molecule has 2 aromatic carbocycles. The molecule has 3 amide bonds. The fourth-order valence-electron chi connectivity index (χ4n) is 10.5. The Balaban J connectivity index is 0.952. The van der Waals surface area contributed by atoms with Crippen molar-refractivity contribution in [2.45, 2.75) is 121 Å². The Kier molecular flexibility index (Phi) is 13.0. The van der Waals surface area contributed by atoms with Crippen LogP contribution in [0.15, 0.2) is 48.8 Å². The molecule has 5 heterocycles. The molecule has 5 aromatic rings. The largest absolute Gasteiger partial charge is 0.469 e. The minimum atomic E-state index is -3.25. The van der Waals surface area contributed by atoms with Crippen LogP contribution in [-0.4, -0.2) is 98.0 Å². The molecule has 9 rings (SSSR count). The molecular formula is C50H57F5N8O7. The lowest BCUT2D eigenvalue weighted by atomic mass is 9.76. The summed E-state index contributed by atoms with van der Waals surface area (Å²) in [5.41, 5.74) is 3.75. The van der Waals surface area contributed by atoms with Crippen LogP contribution in [0.5, 0.6) is 5.75 Å². The van der Waals surface area contributed by atoms with E-state index in [0.717, 1.165) is 47.0 Å². The number of amides is 3. The normalized spacial score (nSPS) is 22.3. The van der Waals surface area contributed by atoms with Gasteiger partial charge in [-0.25, -0.2) is 41.5 Å². The Morgan fingerprint density at radius 2 is 1.50 bits per heavy atom. The van der Waals surface area contributed by atoms with Crippen molar-refractivity contribution in [2.75, 3.05) is 20.8 Å². The number of aromatic nitrogens is 5. The zero-order chi connectivity index (χ0) is 50.0. The van der Waals surface area contributed by atoms with E-state index in [9.17, 15) is 19.2 Å². The lowest BCUT2D eigenvalue weighted by Crippen LogP contribution is -2.51. The third kappa shape index (κ3) is 9.69. The van der Waals surface area contributed by atoms with E-state index in [1.807, 2.05) is 24.3 Å². The molecule has 15 nitrogen and oxygen atoms in total. The van der Waals surface area contributed by atoms with E-state index >= 15 is 22.0 Å². The summed E-state index contributed by atoms with van der Waals surface area (Å²) in [5, 5.41) is 5.84. The number of benzene rings is 2. The first-order valence-electron chi connectivity index (χ1n) is 23.8. The summed E-state index contributed by atoms with van der Waals surface area (Å²) in [4.78, 5) is 66.9. The molecule has 2 saturated carbocycles. The second-order valence-electron chi connectivity index (χ2n) is 20.0. The Morgan fingerprint density at radius 3 is 2.19 bits per heavy atom. The number of nitrogens with one attached hydrogen (secondary N) is 4. The highest BCUT2D eigenvalue weighted by Crippen LogP contribution is 2.52. The predicted molar refractivity (Wildman–Crippen MR) is 247 cm³/mol. The summed E-state index contributed by atoms with van der Waals surface area (Å²) in [5.74, 6) is -8.42. The lowest BCUT2D eigenvalue weighted by molar-refractivity contribution is -0.136. The molecule has 70 heavy (non-hydrogen) atoms. The summed E-state index contributed by atoms with van der Waals surface area (Å²) in [7, 11) is 2.35. The van der Waals surface area contributed by atoms with Gasteiger partial charge >= 0.3 is 12.2 Å².